The van der Waals surface area contributed by atoms with Gasteiger partial charge in [-0.1, -0.05) is 52.0 Å². The van der Waals surface area contributed by atoms with Crippen LogP contribution in [0.2, 0.25) is 0 Å². The predicted octanol–water partition coefficient (Wildman–Crippen LogP) is 4.25. The van der Waals surface area contributed by atoms with Gasteiger partial charge in [-0.15, -0.1) is 11.3 Å². The lowest BCUT2D eigenvalue weighted by molar-refractivity contribution is -0.192. The molecule has 2 heterocycles. The van der Waals surface area contributed by atoms with Crippen LogP contribution in [-0.4, -0.2) is 68.8 Å². The van der Waals surface area contributed by atoms with Crippen molar-refractivity contribution in [2.24, 2.45) is 22.8 Å². The number of aliphatic carboxylic acids is 2. The minimum absolute atomic E-state index is 0.0173. The lowest BCUT2D eigenvalue weighted by atomic mass is 9.84. The van der Waals surface area contributed by atoms with Gasteiger partial charge >= 0.3 is 18.1 Å². The van der Waals surface area contributed by atoms with E-state index in [0.29, 0.717) is 13.0 Å². The van der Waals surface area contributed by atoms with E-state index < -0.39 is 29.6 Å². The Kier molecular flexibility index (Phi) is 10.9. The van der Waals surface area contributed by atoms with Crippen molar-refractivity contribution in [2.75, 3.05) is 6.54 Å². The average molecular weight is 587 g/mol. The Bertz CT molecular complexity index is 1180. The van der Waals surface area contributed by atoms with Crippen molar-refractivity contribution in [1.82, 2.24) is 9.88 Å². The lowest BCUT2D eigenvalue weighted by Gasteiger charge is -2.37. The second-order valence-corrected chi connectivity index (χ2v) is 12.0. The number of carboxylic acids is 2. The number of benzene rings is 1. The average Bonchev–Trinajstić information content (AvgIpc) is 3.47. The molecule has 1 fully saturated rings. The highest BCUT2D eigenvalue weighted by molar-refractivity contribution is 7.13. The Labute approximate surface area is 235 Å². The number of thiazole rings is 1. The van der Waals surface area contributed by atoms with Crippen LogP contribution in [0.3, 0.4) is 0 Å². The van der Waals surface area contributed by atoms with Gasteiger partial charge in [0, 0.05) is 25.0 Å². The Balaban J connectivity index is 0.000000708. The number of aromatic nitrogens is 1. The molecule has 222 valence electrons. The molecule has 1 aliphatic rings. The molecular formula is C27H37F3N4O5S. The van der Waals surface area contributed by atoms with Crippen LogP contribution in [0.15, 0.2) is 29.8 Å². The number of carboxylic acid groups (broad SMARTS) is 2. The number of rotatable bonds is 7. The molecular weight excluding hydrogens is 549 g/mol. The van der Waals surface area contributed by atoms with Gasteiger partial charge in [-0.3, -0.25) is 9.59 Å². The van der Waals surface area contributed by atoms with E-state index in [-0.39, 0.29) is 36.2 Å². The molecule has 1 aromatic carbocycles. The van der Waals surface area contributed by atoms with E-state index in [0.717, 1.165) is 21.7 Å². The Morgan fingerprint density at radius 2 is 1.68 bits per heavy atom. The van der Waals surface area contributed by atoms with Crippen molar-refractivity contribution in [3.63, 3.8) is 0 Å². The van der Waals surface area contributed by atoms with Gasteiger partial charge in [0.1, 0.15) is 0 Å². The standard InChI is InChI=1S/C25H36N4O3S.C2HF3O2/c1-14(17-6-8-18(9-7-17)22-15(2)28-13-33-22)21(26)19-10-16(11-20(30)31)12-29(19)24(32)23(27)25(3,4)5;3-2(4,5)1(6)7/h6-9,13-14,16,19,21,23H,10-12,26-27H2,1-5H3,(H,30,31);(H,6,7)/t14-,16+,19-,21?,23+;/m0./s1. The van der Waals surface area contributed by atoms with Crippen LogP contribution < -0.4 is 11.5 Å². The molecule has 13 heteroatoms. The van der Waals surface area contributed by atoms with E-state index in [1.54, 1.807) is 16.2 Å². The molecule has 0 spiro atoms. The highest BCUT2D eigenvalue weighted by Crippen LogP contribution is 2.35. The normalized spacial score (nSPS) is 19.8. The summed E-state index contributed by atoms with van der Waals surface area (Å²) >= 11 is 1.62. The fraction of sp³-hybridized carbons (Fsp3) is 0.556. The number of amides is 1. The third-order valence-electron chi connectivity index (χ3n) is 7.08. The molecule has 1 amide bonds. The van der Waals surface area contributed by atoms with E-state index in [2.05, 4.69) is 36.2 Å². The van der Waals surface area contributed by atoms with Crippen LogP contribution in [0.4, 0.5) is 13.2 Å². The maximum absolute atomic E-state index is 13.3. The quantitative estimate of drug-likeness (QED) is 0.375. The number of nitrogens with zero attached hydrogens (tertiary/aromatic N) is 2. The minimum atomic E-state index is -5.08. The second-order valence-electron chi connectivity index (χ2n) is 11.2. The summed E-state index contributed by atoms with van der Waals surface area (Å²) in [6.45, 7) is 10.2. The van der Waals surface area contributed by atoms with Gasteiger partial charge in [-0.05, 0) is 41.7 Å². The van der Waals surface area contributed by atoms with Gasteiger partial charge in [0.25, 0.3) is 0 Å². The Morgan fingerprint density at radius 1 is 1.12 bits per heavy atom. The van der Waals surface area contributed by atoms with Gasteiger partial charge in [-0.2, -0.15) is 13.2 Å². The van der Waals surface area contributed by atoms with Crippen LogP contribution in [0.5, 0.6) is 0 Å². The molecule has 0 bridgehead atoms. The van der Waals surface area contributed by atoms with Crippen LogP contribution in [0, 0.1) is 18.3 Å². The molecule has 6 N–H and O–H groups in total. The maximum atomic E-state index is 13.3. The molecule has 1 saturated heterocycles. The lowest BCUT2D eigenvalue weighted by Crippen LogP contribution is -2.56. The Morgan fingerprint density at radius 3 is 2.10 bits per heavy atom. The molecule has 0 aliphatic carbocycles. The smallest absolute Gasteiger partial charge is 0.481 e. The van der Waals surface area contributed by atoms with Crippen LogP contribution in [0.1, 0.15) is 57.7 Å². The maximum Gasteiger partial charge on any atom is 0.490 e. The van der Waals surface area contributed by atoms with Crippen LogP contribution in [0.25, 0.3) is 10.4 Å². The van der Waals surface area contributed by atoms with E-state index >= 15 is 0 Å². The van der Waals surface area contributed by atoms with Gasteiger partial charge in [0.05, 0.1) is 22.1 Å². The van der Waals surface area contributed by atoms with E-state index in [4.69, 9.17) is 21.4 Å². The number of hydrogen-bond acceptors (Lipinski definition) is 7. The van der Waals surface area contributed by atoms with Crippen molar-refractivity contribution >= 4 is 29.2 Å². The molecule has 40 heavy (non-hydrogen) atoms. The number of alkyl halides is 3. The van der Waals surface area contributed by atoms with Gasteiger partial charge in [0.2, 0.25) is 5.91 Å². The number of carbonyl (C=O) groups is 3. The SMILES string of the molecule is Cc1ncsc1-c1ccc([C@H](C)C(N)[C@@H]2C[C@H](CC(=O)O)CN2C(=O)[C@@H](N)C(C)(C)C)cc1.O=C(O)C(F)(F)F. The number of likely N-dealkylation sites (tertiary alicyclic amines) is 1. The highest BCUT2D eigenvalue weighted by Gasteiger charge is 2.44. The summed E-state index contributed by atoms with van der Waals surface area (Å²) in [7, 11) is 0. The van der Waals surface area contributed by atoms with E-state index in [1.807, 2.05) is 33.2 Å². The molecule has 5 atom stereocenters. The summed E-state index contributed by atoms with van der Waals surface area (Å²) in [5.74, 6) is -3.91. The number of hydrogen-bond donors (Lipinski definition) is 4. The van der Waals surface area contributed by atoms with E-state index in [1.165, 1.54) is 0 Å². The van der Waals surface area contributed by atoms with Crippen molar-refractivity contribution in [3.8, 4) is 10.4 Å². The minimum Gasteiger partial charge on any atom is -0.481 e. The first-order chi connectivity index (χ1) is 18.3. The Hall–Kier alpha value is -3.03. The van der Waals surface area contributed by atoms with Crippen LogP contribution in [-0.2, 0) is 14.4 Å². The van der Waals surface area contributed by atoms with Crippen molar-refractivity contribution in [1.29, 1.82) is 0 Å². The summed E-state index contributed by atoms with van der Waals surface area (Å²) in [6, 6.07) is 7.06. The summed E-state index contributed by atoms with van der Waals surface area (Å²) in [4.78, 5) is 40.8. The molecule has 2 aromatic rings. The van der Waals surface area contributed by atoms with Crippen LogP contribution >= 0.6 is 11.3 Å². The number of carbonyl (C=O) groups excluding carboxylic acids is 1. The molecule has 0 saturated carbocycles. The fourth-order valence-corrected chi connectivity index (χ4v) is 5.40. The number of halogens is 3. The van der Waals surface area contributed by atoms with Gasteiger partial charge in [-0.25, -0.2) is 9.78 Å². The molecule has 1 unspecified atom stereocenters. The third-order valence-corrected chi connectivity index (χ3v) is 8.06. The summed E-state index contributed by atoms with van der Waals surface area (Å²) in [5.41, 5.74) is 17.7. The predicted molar refractivity (Wildman–Crippen MR) is 146 cm³/mol. The first-order valence-corrected chi connectivity index (χ1v) is 13.6. The van der Waals surface area contributed by atoms with Gasteiger partial charge < -0.3 is 26.6 Å². The molecule has 3 rings (SSSR count). The molecule has 1 aliphatic heterocycles. The zero-order chi connectivity index (χ0) is 30.6. The zero-order valence-electron chi connectivity index (χ0n) is 23.1. The highest BCUT2D eigenvalue weighted by atomic mass is 32.1. The van der Waals surface area contributed by atoms with Gasteiger partial charge in [0.15, 0.2) is 0 Å². The number of aryl methyl sites for hydroxylation is 1. The van der Waals surface area contributed by atoms with E-state index in [9.17, 15) is 27.9 Å². The first-order valence-electron chi connectivity index (χ1n) is 12.7. The summed E-state index contributed by atoms with van der Waals surface area (Å²) < 4.78 is 31.7. The largest absolute Gasteiger partial charge is 0.490 e. The molecule has 0 radical (unpaired) electrons. The van der Waals surface area contributed by atoms with Crippen molar-refractivity contribution in [2.45, 2.75) is 77.7 Å². The summed E-state index contributed by atoms with van der Waals surface area (Å²) in [5, 5.41) is 16.4. The second kappa shape index (κ2) is 13.1. The molecule has 1 aromatic heterocycles. The molecule has 9 nitrogen and oxygen atoms in total. The fourth-order valence-electron chi connectivity index (χ4n) is 4.59. The first kappa shape index (κ1) is 33.2. The third kappa shape index (κ3) is 8.48. The number of nitrogens with two attached hydrogens (primary N) is 2. The monoisotopic (exact) mass is 586 g/mol. The van der Waals surface area contributed by atoms with Crippen molar-refractivity contribution < 1.29 is 37.8 Å². The topological polar surface area (TPSA) is 160 Å². The zero-order valence-corrected chi connectivity index (χ0v) is 23.9. The summed E-state index contributed by atoms with van der Waals surface area (Å²) in [6.07, 6.45) is -4.49. The van der Waals surface area contributed by atoms with Crippen molar-refractivity contribution in [3.05, 3.63) is 41.0 Å².